The number of ether oxygens (including phenoxy) is 1. The molecule has 0 aliphatic carbocycles. The Morgan fingerprint density at radius 2 is 2.12 bits per heavy atom. The van der Waals surface area contributed by atoms with Crippen molar-refractivity contribution < 1.29 is 13.9 Å². The van der Waals surface area contributed by atoms with Crippen molar-refractivity contribution in [3.63, 3.8) is 0 Å². The summed E-state index contributed by atoms with van der Waals surface area (Å²) in [7, 11) is 1.63. The third kappa shape index (κ3) is 3.28. The van der Waals surface area contributed by atoms with Crippen LogP contribution in [0.1, 0.15) is 26.5 Å². The third-order valence-corrected chi connectivity index (χ3v) is 4.65. The maximum Gasteiger partial charge on any atom is 0.234 e. The van der Waals surface area contributed by atoms with E-state index in [4.69, 9.17) is 9.15 Å². The number of methoxy groups -OCH3 is 1. The summed E-state index contributed by atoms with van der Waals surface area (Å²) < 4.78 is 11.7. The number of furan rings is 1. The molecule has 0 unspecified atom stereocenters. The zero-order valence-electron chi connectivity index (χ0n) is 14.2. The van der Waals surface area contributed by atoms with Crippen LogP contribution in [0.5, 0.6) is 5.75 Å². The van der Waals surface area contributed by atoms with Crippen molar-refractivity contribution in [2.24, 2.45) is 5.41 Å². The molecule has 2 heterocycles. The standard InChI is InChI=1S/C18H20N2O3S/c1-18(2,3)16(21)20(11-13-6-5-9-23-13)17-19-14-10-12(22-4)7-8-15(14)24-17/h5-10H,11H2,1-4H3. The van der Waals surface area contributed by atoms with Crippen molar-refractivity contribution in [1.29, 1.82) is 0 Å². The van der Waals surface area contributed by atoms with Crippen LogP contribution in [0.25, 0.3) is 10.2 Å². The number of amides is 1. The summed E-state index contributed by atoms with van der Waals surface area (Å²) in [6, 6.07) is 9.41. The van der Waals surface area contributed by atoms with Gasteiger partial charge in [0.2, 0.25) is 5.91 Å². The molecule has 24 heavy (non-hydrogen) atoms. The van der Waals surface area contributed by atoms with Crippen LogP contribution in [0.3, 0.4) is 0 Å². The van der Waals surface area contributed by atoms with Gasteiger partial charge in [0.1, 0.15) is 11.5 Å². The molecule has 5 nitrogen and oxygen atoms in total. The Morgan fingerprint density at radius 1 is 1.33 bits per heavy atom. The monoisotopic (exact) mass is 344 g/mol. The highest BCUT2D eigenvalue weighted by atomic mass is 32.1. The summed E-state index contributed by atoms with van der Waals surface area (Å²) in [5, 5.41) is 0.662. The lowest BCUT2D eigenvalue weighted by Gasteiger charge is -2.26. The summed E-state index contributed by atoms with van der Waals surface area (Å²) >= 11 is 1.49. The quantitative estimate of drug-likeness (QED) is 0.700. The second kappa shape index (κ2) is 6.28. The van der Waals surface area contributed by atoms with Crippen LogP contribution in [0.4, 0.5) is 5.13 Å². The maximum absolute atomic E-state index is 12.9. The lowest BCUT2D eigenvalue weighted by Crippen LogP contribution is -2.39. The number of aromatic nitrogens is 1. The molecule has 0 radical (unpaired) electrons. The molecule has 0 bridgehead atoms. The van der Waals surface area contributed by atoms with Gasteiger partial charge in [0.05, 0.1) is 30.1 Å². The number of carbonyl (C=O) groups excluding carboxylic acids is 1. The van der Waals surface area contributed by atoms with E-state index in [9.17, 15) is 4.79 Å². The number of anilines is 1. The summed E-state index contributed by atoms with van der Waals surface area (Å²) in [5.41, 5.74) is 0.308. The number of fused-ring (bicyclic) bond motifs is 1. The molecule has 3 rings (SSSR count). The number of rotatable bonds is 4. The minimum atomic E-state index is -0.512. The Balaban J connectivity index is 2.02. The van der Waals surface area contributed by atoms with Crippen LogP contribution >= 0.6 is 11.3 Å². The van der Waals surface area contributed by atoms with Crippen LogP contribution in [0.15, 0.2) is 41.0 Å². The molecule has 126 valence electrons. The number of benzene rings is 1. The van der Waals surface area contributed by atoms with Crippen molar-refractivity contribution >= 4 is 32.6 Å². The predicted molar refractivity (Wildman–Crippen MR) is 95.5 cm³/mol. The molecular formula is C18H20N2O3S. The topological polar surface area (TPSA) is 55.6 Å². The molecule has 0 atom stereocenters. The normalized spacial score (nSPS) is 11.7. The Kier molecular flexibility index (Phi) is 4.32. The van der Waals surface area contributed by atoms with E-state index in [0.29, 0.717) is 11.7 Å². The predicted octanol–water partition coefficient (Wildman–Crippen LogP) is 4.48. The van der Waals surface area contributed by atoms with E-state index in [0.717, 1.165) is 21.7 Å². The van der Waals surface area contributed by atoms with Gasteiger partial charge < -0.3 is 9.15 Å². The van der Waals surface area contributed by atoms with Gasteiger partial charge >= 0.3 is 0 Å². The fourth-order valence-electron chi connectivity index (χ4n) is 2.33. The van der Waals surface area contributed by atoms with E-state index in [-0.39, 0.29) is 5.91 Å². The third-order valence-electron chi connectivity index (χ3n) is 3.60. The lowest BCUT2D eigenvalue weighted by atomic mass is 9.95. The van der Waals surface area contributed by atoms with Crippen molar-refractivity contribution in [2.75, 3.05) is 12.0 Å². The lowest BCUT2D eigenvalue weighted by molar-refractivity contribution is -0.126. The molecule has 0 fully saturated rings. The molecule has 0 saturated heterocycles. The van der Waals surface area contributed by atoms with Crippen LogP contribution in [0, 0.1) is 5.41 Å². The van der Waals surface area contributed by atoms with Crippen molar-refractivity contribution in [2.45, 2.75) is 27.3 Å². The number of carbonyl (C=O) groups is 1. The van der Waals surface area contributed by atoms with Gasteiger partial charge in [-0.15, -0.1) is 0 Å². The van der Waals surface area contributed by atoms with Gasteiger partial charge in [-0.3, -0.25) is 9.69 Å². The van der Waals surface area contributed by atoms with Gasteiger partial charge in [-0.2, -0.15) is 0 Å². The van der Waals surface area contributed by atoms with Crippen LogP contribution in [-0.4, -0.2) is 18.0 Å². The van der Waals surface area contributed by atoms with E-state index < -0.39 is 5.41 Å². The Bertz CT molecular complexity index is 847. The molecule has 3 aromatic rings. The molecule has 0 saturated carbocycles. The van der Waals surface area contributed by atoms with Crippen molar-refractivity contribution in [3.05, 3.63) is 42.4 Å². The van der Waals surface area contributed by atoms with E-state index in [1.807, 2.05) is 51.1 Å². The number of hydrogen-bond acceptors (Lipinski definition) is 5. The van der Waals surface area contributed by atoms with E-state index in [1.54, 1.807) is 18.3 Å². The Hall–Kier alpha value is -2.34. The summed E-state index contributed by atoms with van der Waals surface area (Å²) in [6.45, 7) is 6.07. The van der Waals surface area contributed by atoms with Gasteiger partial charge in [0.15, 0.2) is 5.13 Å². The fourth-order valence-corrected chi connectivity index (χ4v) is 3.27. The minimum Gasteiger partial charge on any atom is -0.497 e. The first kappa shape index (κ1) is 16.5. The number of hydrogen-bond donors (Lipinski definition) is 0. The average Bonchev–Trinajstić information content (AvgIpc) is 3.19. The molecule has 0 aliphatic rings. The first-order chi connectivity index (χ1) is 11.4. The van der Waals surface area contributed by atoms with Crippen molar-refractivity contribution in [3.8, 4) is 5.75 Å². The molecule has 0 spiro atoms. The average molecular weight is 344 g/mol. The van der Waals surface area contributed by atoms with Crippen LogP contribution in [0.2, 0.25) is 0 Å². The number of thiazole rings is 1. The molecule has 6 heteroatoms. The fraction of sp³-hybridized carbons (Fsp3) is 0.333. The van der Waals surface area contributed by atoms with Gasteiger partial charge in [-0.05, 0) is 24.3 Å². The van der Waals surface area contributed by atoms with Crippen LogP contribution in [-0.2, 0) is 11.3 Å². The largest absolute Gasteiger partial charge is 0.497 e. The molecule has 1 amide bonds. The van der Waals surface area contributed by atoms with E-state index >= 15 is 0 Å². The van der Waals surface area contributed by atoms with Gasteiger partial charge in [0.25, 0.3) is 0 Å². The number of nitrogens with zero attached hydrogens (tertiary/aromatic N) is 2. The molecule has 0 aliphatic heterocycles. The zero-order chi connectivity index (χ0) is 17.3. The van der Waals surface area contributed by atoms with Gasteiger partial charge in [0, 0.05) is 11.5 Å². The first-order valence-corrected chi connectivity index (χ1v) is 8.49. The van der Waals surface area contributed by atoms with E-state index in [2.05, 4.69) is 4.98 Å². The van der Waals surface area contributed by atoms with Gasteiger partial charge in [-0.1, -0.05) is 32.1 Å². The molecule has 1 aromatic carbocycles. The van der Waals surface area contributed by atoms with Crippen molar-refractivity contribution in [1.82, 2.24) is 4.98 Å². The smallest absolute Gasteiger partial charge is 0.234 e. The summed E-state index contributed by atoms with van der Waals surface area (Å²) in [5.74, 6) is 1.48. The summed E-state index contributed by atoms with van der Waals surface area (Å²) in [4.78, 5) is 19.2. The Labute approximate surface area is 144 Å². The first-order valence-electron chi connectivity index (χ1n) is 7.67. The maximum atomic E-state index is 12.9. The second-order valence-electron chi connectivity index (χ2n) is 6.55. The van der Waals surface area contributed by atoms with E-state index in [1.165, 1.54) is 11.3 Å². The summed E-state index contributed by atoms with van der Waals surface area (Å²) in [6.07, 6.45) is 1.61. The van der Waals surface area contributed by atoms with Gasteiger partial charge in [-0.25, -0.2) is 4.98 Å². The van der Waals surface area contributed by atoms with Crippen LogP contribution < -0.4 is 9.64 Å². The molecule has 0 N–H and O–H groups in total. The molecular weight excluding hydrogens is 324 g/mol. The molecule has 2 aromatic heterocycles. The second-order valence-corrected chi connectivity index (χ2v) is 7.56. The highest BCUT2D eigenvalue weighted by molar-refractivity contribution is 7.22. The highest BCUT2D eigenvalue weighted by Gasteiger charge is 2.30. The minimum absolute atomic E-state index is 0.00456. The SMILES string of the molecule is COc1ccc2sc(N(Cc3ccco3)C(=O)C(C)(C)C)nc2c1. The zero-order valence-corrected chi connectivity index (χ0v) is 15.0. The Morgan fingerprint density at radius 3 is 2.75 bits per heavy atom. The highest BCUT2D eigenvalue weighted by Crippen LogP contribution is 2.34.